The van der Waals surface area contributed by atoms with E-state index in [1.54, 1.807) is 35.8 Å². The molecule has 0 aliphatic heterocycles. The van der Waals surface area contributed by atoms with Crippen LogP contribution in [-0.4, -0.2) is 12.2 Å². The summed E-state index contributed by atoms with van der Waals surface area (Å²) in [7, 11) is 0. The normalized spacial score (nSPS) is 11.3. The molecular weight excluding hydrogens is 353 g/mol. The Labute approximate surface area is 147 Å². The van der Waals surface area contributed by atoms with Gasteiger partial charge in [-0.1, -0.05) is 41.4 Å². The van der Waals surface area contributed by atoms with E-state index in [2.05, 4.69) is 4.99 Å². The highest BCUT2D eigenvalue weighted by Crippen LogP contribution is 2.35. The first-order valence-electron chi connectivity index (χ1n) is 6.73. The lowest BCUT2D eigenvalue weighted by Gasteiger charge is -2.05. The van der Waals surface area contributed by atoms with Crippen LogP contribution < -0.4 is 4.74 Å². The summed E-state index contributed by atoms with van der Waals surface area (Å²) in [5, 5.41) is 2.16. The molecule has 116 valence electrons. The smallest absolute Gasteiger partial charge is 0.308 e. The summed E-state index contributed by atoms with van der Waals surface area (Å²) >= 11 is 13.9. The number of thiophene rings is 1. The van der Waals surface area contributed by atoms with E-state index in [9.17, 15) is 4.79 Å². The van der Waals surface area contributed by atoms with Gasteiger partial charge in [0.25, 0.3) is 0 Å². The van der Waals surface area contributed by atoms with Crippen molar-refractivity contribution in [2.24, 2.45) is 4.99 Å². The molecule has 2 aromatic carbocycles. The molecule has 0 bridgehead atoms. The molecule has 0 spiro atoms. The molecule has 0 saturated heterocycles. The average molecular weight is 364 g/mol. The zero-order chi connectivity index (χ0) is 16.4. The van der Waals surface area contributed by atoms with Crippen LogP contribution in [0.3, 0.4) is 0 Å². The maximum Gasteiger partial charge on any atom is 0.308 e. The van der Waals surface area contributed by atoms with Gasteiger partial charge in [0, 0.05) is 28.2 Å². The molecule has 0 saturated carbocycles. The molecule has 0 N–H and O–H groups in total. The molecule has 1 heterocycles. The Morgan fingerprint density at radius 2 is 2.00 bits per heavy atom. The number of carbonyl (C=O) groups is 1. The molecule has 3 aromatic rings. The zero-order valence-corrected chi connectivity index (χ0v) is 14.4. The van der Waals surface area contributed by atoms with Crippen LogP contribution in [-0.2, 0) is 4.79 Å². The second kappa shape index (κ2) is 6.71. The van der Waals surface area contributed by atoms with Crippen molar-refractivity contribution < 1.29 is 9.53 Å². The number of esters is 1. The molecule has 0 radical (unpaired) electrons. The van der Waals surface area contributed by atoms with Crippen molar-refractivity contribution >= 4 is 62.5 Å². The number of halogens is 2. The lowest BCUT2D eigenvalue weighted by Crippen LogP contribution is -2.01. The maximum absolute atomic E-state index is 11.2. The van der Waals surface area contributed by atoms with Crippen LogP contribution in [0, 0.1) is 0 Å². The fraction of sp³-hybridized carbons (Fsp3) is 0.0588. The summed E-state index contributed by atoms with van der Waals surface area (Å²) in [6.45, 7) is 1.34. The third kappa shape index (κ3) is 3.55. The zero-order valence-electron chi connectivity index (χ0n) is 12.0. The Bertz CT molecular complexity index is 918. The number of nitrogens with zero attached hydrogens (tertiary/aromatic N) is 1. The van der Waals surface area contributed by atoms with Gasteiger partial charge in [0.05, 0.1) is 9.90 Å². The fourth-order valence-corrected chi connectivity index (χ4v) is 3.60. The molecule has 0 atom stereocenters. The van der Waals surface area contributed by atoms with E-state index >= 15 is 0 Å². The summed E-state index contributed by atoms with van der Waals surface area (Å²) in [4.78, 5) is 16.4. The summed E-state index contributed by atoms with van der Waals surface area (Å²) in [5.41, 5.74) is 0.473. The molecule has 1 aromatic heterocycles. The van der Waals surface area contributed by atoms with Crippen molar-refractivity contribution in [3.63, 3.8) is 0 Å². The lowest BCUT2D eigenvalue weighted by atomic mass is 10.2. The molecule has 0 fully saturated rings. The van der Waals surface area contributed by atoms with Crippen molar-refractivity contribution in [2.45, 2.75) is 6.92 Å². The number of hydrogen-bond acceptors (Lipinski definition) is 4. The van der Waals surface area contributed by atoms with E-state index in [4.69, 9.17) is 27.9 Å². The number of rotatable bonds is 3. The van der Waals surface area contributed by atoms with Gasteiger partial charge < -0.3 is 4.74 Å². The minimum Gasteiger partial charge on any atom is -0.424 e. The van der Waals surface area contributed by atoms with Gasteiger partial charge in [-0.25, -0.2) is 0 Å². The number of ether oxygens (including phenoxy) is 1. The van der Waals surface area contributed by atoms with Crippen molar-refractivity contribution in [3.8, 4) is 5.75 Å². The quantitative estimate of drug-likeness (QED) is 0.330. The Morgan fingerprint density at radius 3 is 2.74 bits per heavy atom. The molecule has 0 unspecified atom stereocenters. The molecular formula is C17H11Cl2NO2S. The number of aliphatic imine (C=N–C) groups is 1. The Kier molecular flexibility index (Phi) is 4.66. The minimum absolute atomic E-state index is 0.357. The Hall–Kier alpha value is -1.88. The predicted molar refractivity (Wildman–Crippen MR) is 96.9 cm³/mol. The van der Waals surface area contributed by atoms with Crippen LogP contribution in [0.1, 0.15) is 11.8 Å². The van der Waals surface area contributed by atoms with E-state index in [0.717, 1.165) is 15.0 Å². The summed E-state index contributed by atoms with van der Waals surface area (Å²) in [5.74, 6) is -0.0564. The molecule has 3 rings (SSSR count). The summed E-state index contributed by atoms with van der Waals surface area (Å²) in [6, 6.07) is 12.8. The van der Waals surface area contributed by atoms with Crippen LogP contribution in [0.4, 0.5) is 5.69 Å². The fourth-order valence-electron chi connectivity index (χ4n) is 2.08. The van der Waals surface area contributed by atoms with Gasteiger partial charge in [-0.15, -0.1) is 11.3 Å². The van der Waals surface area contributed by atoms with Gasteiger partial charge >= 0.3 is 5.97 Å². The lowest BCUT2D eigenvalue weighted by molar-refractivity contribution is -0.131. The summed E-state index contributed by atoms with van der Waals surface area (Å²) < 4.78 is 6.23. The number of carbonyl (C=O) groups excluding carboxylic acids is 1. The number of benzene rings is 2. The Balaban J connectivity index is 2.00. The van der Waals surface area contributed by atoms with Crippen LogP contribution >= 0.6 is 34.5 Å². The van der Waals surface area contributed by atoms with E-state index in [1.165, 1.54) is 6.92 Å². The van der Waals surface area contributed by atoms with Crippen LogP contribution in [0.2, 0.25) is 10.0 Å². The van der Waals surface area contributed by atoms with Gasteiger partial charge in [0.2, 0.25) is 0 Å². The first-order valence-corrected chi connectivity index (χ1v) is 8.31. The van der Waals surface area contributed by atoms with Gasteiger partial charge in [0.1, 0.15) is 5.69 Å². The molecule has 3 nitrogen and oxygen atoms in total. The SMILES string of the molecule is CC(=O)Oc1ccc(Cl)cc1N=Cc1sc2ccccc2c1Cl. The highest BCUT2D eigenvalue weighted by Gasteiger charge is 2.09. The van der Waals surface area contributed by atoms with E-state index in [1.807, 2.05) is 24.3 Å². The second-order valence-electron chi connectivity index (χ2n) is 4.74. The Morgan fingerprint density at radius 1 is 1.22 bits per heavy atom. The van der Waals surface area contributed by atoms with Crippen LogP contribution in [0.25, 0.3) is 10.1 Å². The van der Waals surface area contributed by atoms with Gasteiger partial charge in [-0.05, 0) is 24.3 Å². The highest BCUT2D eigenvalue weighted by atomic mass is 35.5. The van der Waals surface area contributed by atoms with E-state index in [0.29, 0.717) is 21.5 Å². The van der Waals surface area contributed by atoms with Gasteiger partial charge in [-0.2, -0.15) is 0 Å². The van der Waals surface area contributed by atoms with Crippen molar-refractivity contribution in [3.05, 3.63) is 57.4 Å². The van der Waals surface area contributed by atoms with Gasteiger partial charge in [-0.3, -0.25) is 9.79 Å². The molecule has 23 heavy (non-hydrogen) atoms. The van der Waals surface area contributed by atoms with Gasteiger partial charge in [0.15, 0.2) is 5.75 Å². The third-order valence-electron chi connectivity index (χ3n) is 3.06. The monoisotopic (exact) mass is 363 g/mol. The van der Waals surface area contributed by atoms with Crippen LogP contribution in [0.5, 0.6) is 5.75 Å². The third-order valence-corrected chi connectivity index (χ3v) is 4.92. The van der Waals surface area contributed by atoms with Crippen molar-refractivity contribution in [2.75, 3.05) is 0 Å². The average Bonchev–Trinajstić information content (AvgIpc) is 2.84. The van der Waals surface area contributed by atoms with E-state index < -0.39 is 5.97 Å². The predicted octanol–water partition coefficient (Wildman–Crippen LogP) is 5.88. The van der Waals surface area contributed by atoms with Crippen LogP contribution in [0.15, 0.2) is 47.5 Å². The number of hydrogen-bond donors (Lipinski definition) is 0. The van der Waals surface area contributed by atoms with E-state index in [-0.39, 0.29) is 0 Å². The largest absolute Gasteiger partial charge is 0.424 e. The summed E-state index contributed by atoms with van der Waals surface area (Å²) in [6.07, 6.45) is 1.66. The first-order chi connectivity index (χ1) is 11.0. The van der Waals surface area contributed by atoms with Crippen molar-refractivity contribution in [1.82, 2.24) is 0 Å². The first kappa shape index (κ1) is 16.0. The molecule has 0 aliphatic carbocycles. The maximum atomic E-state index is 11.2. The molecule has 0 aliphatic rings. The second-order valence-corrected chi connectivity index (χ2v) is 6.64. The topological polar surface area (TPSA) is 38.7 Å². The standard InChI is InChI=1S/C17H11Cl2NO2S/c1-10(21)22-14-7-6-11(18)8-13(14)20-9-16-17(19)12-4-2-3-5-15(12)23-16/h2-9H,1H3. The number of fused-ring (bicyclic) bond motifs is 1. The molecule has 6 heteroatoms. The molecule has 0 amide bonds. The highest BCUT2D eigenvalue weighted by molar-refractivity contribution is 7.21. The van der Waals surface area contributed by atoms with Crippen molar-refractivity contribution in [1.29, 1.82) is 0 Å². The minimum atomic E-state index is -0.413.